The molecule has 2 aliphatic heterocycles. The number of nitrogens with zero attached hydrogens (tertiary/aromatic N) is 3. The van der Waals surface area contributed by atoms with E-state index in [1.807, 2.05) is 17.9 Å². The van der Waals surface area contributed by atoms with Gasteiger partial charge in [0, 0.05) is 60.1 Å². The van der Waals surface area contributed by atoms with Gasteiger partial charge < -0.3 is 15.0 Å². The lowest BCUT2D eigenvalue weighted by atomic mass is 9.93. The predicted octanol–water partition coefficient (Wildman–Crippen LogP) is 4.91. The van der Waals surface area contributed by atoms with E-state index >= 15 is 0 Å². The molecule has 4 rings (SSSR count). The Balaban J connectivity index is 1.65. The minimum Gasteiger partial charge on any atom is -0.463 e. The summed E-state index contributed by atoms with van der Waals surface area (Å²) < 4.78 is 5.46. The second kappa shape index (κ2) is 12.7. The maximum absolute atomic E-state index is 13.4. The highest BCUT2D eigenvalue weighted by Crippen LogP contribution is 2.35. The summed E-state index contributed by atoms with van der Waals surface area (Å²) in [6.45, 7) is 9.84. The molecule has 206 valence electrons. The number of nitrogens with one attached hydrogen (secondary N) is 1. The van der Waals surface area contributed by atoms with E-state index in [0.29, 0.717) is 58.6 Å². The number of esters is 1. The first-order valence-electron chi connectivity index (χ1n) is 12.9. The van der Waals surface area contributed by atoms with Crippen molar-refractivity contribution >= 4 is 41.1 Å². The molecule has 0 unspecified atom stereocenters. The standard InChI is InChI=1S/C29H32Cl2N4O4/c1-4-14-35-24(18-33-15-16-34(19(3)17-33)27(36)20-10-12-21(30)13-11-20)25(28(37)39-5-2)26(32-29(35)38)22-8-6-7-9-23(22)31/h4,6-13,19,26H,1,5,14-18H2,2-3H3,(H,32,38)/t19-,26-/m1/s1. The summed E-state index contributed by atoms with van der Waals surface area (Å²) in [5, 5.41) is 3.94. The van der Waals surface area contributed by atoms with Gasteiger partial charge in [-0.25, -0.2) is 9.59 Å². The zero-order chi connectivity index (χ0) is 28.1. The molecule has 2 heterocycles. The van der Waals surface area contributed by atoms with E-state index < -0.39 is 12.0 Å². The van der Waals surface area contributed by atoms with Gasteiger partial charge in [0.1, 0.15) is 0 Å². The van der Waals surface area contributed by atoms with Crippen LogP contribution in [0.25, 0.3) is 0 Å². The van der Waals surface area contributed by atoms with E-state index in [0.717, 1.165) is 0 Å². The van der Waals surface area contributed by atoms with Crippen molar-refractivity contribution in [1.29, 1.82) is 0 Å². The fraction of sp³-hybridized carbons (Fsp3) is 0.345. The second-order valence-corrected chi connectivity index (χ2v) is 10.3. The van der Waals surface area contributed by atoms with Crippen LogP contribution in [0.2, 0.25) is 10.0 Å². The molecule has 0 bridgehead atoms. The molecule has 0 radical (unpaired) electrons. The molecular weight excluding hydrogens is 539 g/mol. The van der Waals surface area contributed by atoms with Crippen LogP contribution in [0.4, 0.5) is 4.79 Å². The van der Waals surface area contributed by atoms with Gasteiger partial charge in [-0.15, -0.1) is 6.58 Å². The average Bonchev–Trinajstić information content (AvgIpc) is 2.91. The van der Waals surface area contributed by atoms with E-state index in [4.69, 9.17) is 27.9 Å². The van der Waals surface area contributed by atoms with Gasteiger partial charge in [0.05, 0.1) is 18.2 Å². The monoisotopic (exact) mass is 570 g/mol. The molecule has 2 aliphatic rings. The average molecular weight is 572 g/mol. The Kier molecular flexibility index (Phi) is 9.32. The molecule has 2 atom stereocenters. The van der Waals surface area contributed by atoms with E-state index in [1.54, 1.807) is 55.5 Å². The van der Waals surface area contributed by atoms with Crippen molar-refractivity contribution in [3.05, 3.63) is 93.6 Å². The number of benzene rings is 2. The molecule has 0 aromatic heterocycles. The Hall–Kier alpha value is -3.33. The SMILES string of the molecule is C=CCN1C(=O)N[C@H](c2ccccc2Cl)C(C(=O)OCC)=C1CN1CCN(C(=O)c2ccc(Cl)cc2)[C@H](C)C1. The van der Waals surface area contributed by atoms with Crippen molar-refractivity contribution < 1.29 is 19.1 Å². The Labute approximate surface area is 238 Å². The Morgan fingerprint density at radius 3 is 2.49 bits per heavy atom. The molecule has 2 aromatic carbocycles. The van der Waals surface area contributed by atoms with E-state index in [9.17, 15) is 14.4 Å². The van der Waals surface area contributed by atoms with Crippen molar-refractivity contribution in [2.24, 2.45) is 0 Å². The molecule has 0 aliphatic carbocycles. The van der Waals surface area contributed by atoms with Crippen LogP contribution in [0.1, 0.15) is 35.8 Å². The quantitative estimate of drug-likeness (QED) is 0.360. The van der Waals surface area contributed by atoms with Crippen molar-refractivity contribution in [2.45, 2.75) is 25.9 Å². The lowest BCUT2D eigenvalue weighted by molar-refractivity contribution is -0.139. The summed E-state index contributed by atoms with van der Waals surface area (Å²) in [6, 6.07) is 12.7. The lowest BCUT2D eigenvalue weighted by Crippen LogP contribution is -2.56. The number of hydrogen-bond acceptors (Lipinski definition) is 5. The molecule has 1 fully saturated rings. The third-order valence-electron chi connectivity index (χ3n) is 6.90. The molecule has 3 amide bonds. The number of amides is 3. The van der Waals surface area contributed by atoms with E-state index in [2.05, 4.69) is 16.8 Å². The first-order valence-corrected chi connectivity index (χ1v) is 13.6. The van der Waals surface area contributed by atoms with Gasteiger partial charge in [-0.05, 0) is 49.7 Å². The Bertz CT molecular complexity index is 1280. The Morgan fingerprint density at radius 2 is 1.85 bits per heavy atom. The first kappa shape index (κ1) is 28.7. The topological polar surface area (TPSA) is 82.2 Å². The molecule has 39 heavy (non-hydrogen) atoms. The molecule has 1 N–H and O–H groups in total. The maximum Gasteiger partial charge on any atom is 0.338 e. The highest BCUT2D eigenvalue weighted by Gasteiger charge is 2.40. The number of carbonyl (C=O) groups excluding carboxylic acids is 3. The molecule has 0 spiro atoms. The second-order valence-electron chi connectivity index (χ2n) is 9.47. The highest BCUT2D eigenvalue weighted by atomic mass is 35.5. The van der Waals surface area contributed by atoms with Crippen molar-refractivity contribution in [3.63, 3.8) is 0 Å². The summed E-state index contributed by atoms with van der Waals surface area (Å²) >= 11 is 12.5. The van der Waals surface area contributed by atoms with Crippen LogP contribution in [0.3, 0.4) is 0 Å². The molecule has 0 saturated carbocycles. The third kappa shape index (κ3) is 6.30. The summed E-state index contributed by atoms with van der Waals surface area (Å²) in [5.74, 6) is -0.578. The molecule has 2 aromatic rings. The van der Waals surface area contributed by atoms with Crippen LogP contribution in [-0.4, -0.2) is 78.0 Å². The lowest BCUT2D eigenvalue weighted by Gasteiger charge is -2.43. The fourth-order valence-corrected chi connectivity index (χ4v) is 5.41. The van der Waals surface area contributed by atoms with Crippen LogP contribution in [0, 0.1) is 0 Å². The van der Waals surface area contributed by atoms with Gasteiger partial charge in [0.25, 0.3) is 5.91 Å². The van der Waals surface area contributed by atoms with Crippen molar-refractivity contribution in [1.82, 2.24) is 20.0 Å². The number of rotatable bonds is 8. The normalized spacial score (nSPS) is 20.1. The number of hydrogen-bond donors (Lipinski definition) is 1. The zero-order valence-electron chi connectivity index (χ0n) is 22.0. The zero-order valence-corrected chi connectivity index (χ0v) is 23.5. The number of ether oxygens (including phenoxy) is 1. The van der Waals surface area contributed by atoms with Gasteiger partial charge in [-0.2, -0.15) is 0 Å². The van der Waals surface area contributed by atoms with Gasteiger partial charge >= 0.3 is 12.0 Å². The summed E-state index contributed by atoms with van der Waals surface area (Å²) in [4.78, 5) is 45.3. The van der Waals surface area contributed by atoms with Crippen LogP contribution in [-0.2, 0) is 9.53 Å². The highest BCUT2D eigenvalue weighted by molar-refractivity contribution is 6.31. The summed E-state index contributed by atoms with van der Waals surface area (Å²) in [7, 11) is 0. The predicted molar refractivity (Wildman–Crippen MR) is 152 cm³/mol. The third-order valence-corrected chi connectivity index (χ3v) is 7.49. The van der Waals surface area contributed by atoms with Crippen molar-refractivity contribution in [3.8, 4) is 0 Å². The number of piperazine rings is 1. The minimum absolute atomic E-state index is 0.0608. The van der Waals surface area contributed by atoms with Crippen LogP contribution < -0.4 is 5.32 Å². The van der Waals surface area contributed by atoms with Gasteiger partial charge in [0.2, 0.25) is 0 Å². The Morgan fingerprint density at radius 1 is 1.13 bits per heavy atom. The molecule has 8 nitrogen and oxygen atoms in total. The fourth-order valence-electron chi connectivity index (χ4n) is 5.04. The van der Waals surface area contributed by atoms with E-state index in [1.165, 1.54) is 4.90 Å². The summed E-state index contributed by atoms with van der Waals surface area (Å²) in [6.07, 6.45) is 1.61. The number of carbonyl (C=O) groups is 3. The number of halogens is 2. The maximum atomic E-state index is 13.4. The van der Waals surface area contributed by atoms with Crippen LogP contribution in [0.5, 0.6) is 0 Å². The van der Waals surface area contributed by atoms with Gasteiger partial charge in [-0.3, -0.25) is 14.6 Å². The smallest absolute Gasteiger partial charge is 0.338 e. The first-order chi connectivity index (χ1) is 18.7. The van der Waals surface area contributed by atoms with Gasteiger partial charge in [0.15, 0.2) is 0 Å². The minimum atomic E-state index is -0.772. The van der Waals surface area contributed by atoms with Crippen LogP contribution >= 0.6 is 23.2 Å². The largest absolute Gasteiger partial charge is 0.463 e. The molecule has 1 saturated heterocycles. The van der Waals surface area contributed by atoms with Crippen molar-refractivity contribution in [2.75, 3.05) is 39.3 Å². The van der Waals surface area contributed by atoms with Gasteiger partial charge in [-0.1, -0.05) is 47.5 Å². The summed E-state index contributed by atoms with van der Waals surface area (Å²) in [5.41, 5.74) is 2.05. The number of urea groups is 1. The van der Waals surface area contributed by atoms with Crippen LogP contribution in [0.15, 0.2) is 72.5 Å². The molecule has 10 heteroatoms. The molecular formula is C29H32Cl2N4O4. The van der Waals surface area contributed by atoms with E-state index in [-0.39, 0.29) is 31.1 Å².